The molecule has 220 valence electrons. The van der Waals surface area contributed by atoms with Crippen LogP contribution in [0.15, 0.2) is 76.5 Å². The van der Waals surface area contributed by atoms with E-state index in [1.165, 1.54) is 28.8 Å². The van der Waals surface area contributed by atoms with E-state index in [0.29, 0.717) is 27.7 Å². The molecule has 3 aromatic rings. The Morgan fingerprint density at radius 2 is 1.61 bits per heavy atom. The number of carbonyl (C=O) groups is 2. The Bertz CT molecular complexity index is 1470. The number of benzene rings is 3. The molecule has 0 spiro atoms. The molecule has 0 aromatic heterocycles. The molecule has 11 heteroatoms. The van der Waals surface area contributed by atoms with Gasteiger partial charge in [0.15, 0.2) is 0 Å². The van der Waals surface area contributed by atoms with Gasteiger partial charge in [0.05, 0.1) is 10.6 Å². The minimum absolute atomic E-state index is 0.0197. The second-order valence-electron chi connectivity index (χ2n) is 9.77. The molecule has 2 unspecified atom stereocenters. The Kier molecular flexibility index (Phi) is 11.6. The third-order valence-corrected chi connectivity index (χ3v) is 9.89. The third-order valence-electron chi connectivity index (χ3n) is 6.77. The van der Waals surface area contributed by atoms with Gasteiger partial charge in [0.25, 0.3) is 10.0 Å². The smallest absolute Gasteiger partial charge is 0.264 e. The molecule has 0 aliphatic heterocycles. The fraction of sp³-hybridized carbons (Fsp3) is 0.333. The summed E-state index contributed by atoms with van der Waals surface area (Å²) in [6.07, 6.45) is 2.62. The van der Waals surface area contributed by atoms with E-state index in [9.17, 15) is 18.0 Å². The first-order chi connectivity index (χ1) is 19.4. The number of thioether (sulfide) groups is 1. The summed E-state index contributed by atoms with van der Waals surface area (Å²) in [4.78, 5) is 29.5. The number of rotatable bonds is 12. The number of hydrogen-bond acceptors (Lipinski definition) is 5. The summed E-state index contributed by atoms with van der Waals surface area (Å²) in [7, 11) is -4.14. The summed E-state index contributed by atoms with van der Waals surface area (Å²) in [5.41, 5.74) is 1.85. The van der Waals surface area contributed by atoms with Gasteiger partial charge < -0.3 is 10.2 Å². The number of halogens is 2. The zero-order valence-corrected chi connectivity index (χ0v) is 26.9. The van der Waals surface area contributed by atoms with Crippen molar-refractivity contribution in [3.8, 4) is 0 Å². The largest absolute Gasteiger partial charge is 0.352 e. The topological polar surface area (TPSA) is 86.8 Å². The predicted octanol–water partition coefficient (Wildman–Crippen LogP) is 6.55. The van der Waals surface area contributed by atoms with Crippen molar-refractivity contribution in [2.24, 2.45) is 0 Å². The van der Waals surface area contributed by atoms with Crippen LogP contribution in [0.4, 0.5) is 5.69 Å². The highest BCUT2D eigenvalue weighted by atomic mass is 35.5. The minimum atomic E-state index is -4.14. The Hall–Kier alpha value is -2.72. The number of sulfonamides is 1. The molecule has 0 aliphatic rings. The lowest BCUT2D eigenvalue weighted by Gasteiger charge is -2.32. The van der Waals surface area contributed by atoms with Gasteiger partial charge in [-0.2, -0.15) is 0 Å². The summed E-state index contributed by atoms with van der Waals surface area (Å²) in [5, 5.41) is 3.68. The van der Waals surface area contributed by atoms with E-state index in [0.717, 1.165) is 14.8 Å². The van der Waals surface area contributed by atoms with E-state index in [1.54, 1.807) is 61.5 Å². The lowest BCUT2D eigenvalue weighted by Crippen LogP contribution is -2.52. The number of nitrogens with one attached hydrogen (secondary N) is 1. The number of nitrogens with zero attached hydrogens (tertiary/aromatic N) is 2. The highest BCUT2D eigenvalue weighted by Gasteiger charge is 2.33. The first kappa shape index (κ1) is 32.8. The van der Waals surface area contributed by atoms with E-state index in [1.807, 2.05) is 27.0 Å². The van der Waals surface area contributed by atoms with Crippen LogP contribution in [0.25, 0.3) is 0 Å². The molecule has 0 fully saturated rings. The molecule has 0 bridgehead atoms. The quantitative estimate of drug-likeness (QED) is 0.228. The first-order valence-electron chi connectivity index (χ1n) is 13.1. The molecule has 2 amide bonds. The third kappa shape index (κ3) is 8.41. The zero-order chi connectivity index (χ0) is 30.3. The molecule has 2 atom stereocenters. The van der Waals surface area contributed by atoms with Crippen LogP contribution >= 0.6 is 35.0 Å². The van der Waals surface area contributed by atoms with E-state index in [2.05, 4.69) is 5.32 Å². The van der Waals surface area contributed by atoms with Gasteiger partial charge in [-0.25, -0.2) is 8.42 Å². The standard InChI is InChI=1S/C30H35Cl2N3O4S2/c1-6-21(3)33-30(37)22(4)34(18-23-9-10-24(31)17-28(23)32)29(36)19-35(25-11-7-20(2)8-12-25)41(38,39)27-15-13-26(40-5)14-16-27/h7-17,21-22H,6,18-19H2,1-5H3,(H,33,37). The van der Waals surface area contributed by atoms with Gasteiger partial charge in [0.2, 0.25) is 11.8 Å². The number of carbonyl (C=O) groups excluding carboxylic acids is 2. The highest BCUT2D eigenvalue weighted by molar-refractivity contribution is 7.98. The fourth-order valence-electron chi connectivity index (χ4n) is 4.00. The molecule has 0 heterocycles. The van der Waals surface area contributed by atoms with Gasteiger partial charge in [-0.05, 0) is 87.5 Å². The predicted molar refractivity (Wildman–Crippen MR) is 168 cm³/mol. The van der Waals surface area contributed by atoms with Crippen molar-refractivity contribution in [2.45, 2.75) is 62.5 Å². The number of aryl methyl sites for hydroxylation is 1. The molecule has 0 radical (unpaired) electrons. The lowest BCUT2D eigenvalue weighted by molar-refractivity contribution is -0.139. The lowest BCUT2D eigenvalue weighted by atomic mass is 10.1. The van der Waals surface area contributed by atoms with Gasteiger partial charge >= 0.3 is 0 Å². The van der Waals surface area contributed by atoms with Gasteiger partial charge in [-0.1, -0.05) is 53.9 Å². The summed E-state index contributed by atoms with van der Waals surface area (Å²) < 4.78 is 29.0. The summed E-state index contributed by atoms with van der Waals surface area (Å²) in [6, 6.07) is 17.3. The van der Waals surface area contributed by atoms with Crippen LogP contribution < -0.4 is 9.62 Å². The average Bonchev–Trinajstić information content (AvgIpc) is 2.95. The van der Waals surface area contributed by atoms with Crippen molar-refractivity contribution in [3.05, 3.63) is 87.9 Å². The fourth-order valence-corrected chi connectivity index (χ4v) is 6.29. The molecule has 1 N–H and O–H groups in total. The first-order valence-corrected chi connectivity index (χ1v) is 16.6. The van der Waals surface area contributed by atoms with Crippen LogP contribution in [0.2, 0.25) is 10.0 Å². The summed E-state index contributed by atoms with van der Waals surface area (Å²) in [5.74, 6) is -0.914. The molecule has 0 saturated carbocycles. The molecular formula is C30H35Cl2N3O4S2. The summed E-state index contributed by atoms with van der Waals surface area (Å²) >= 11 is 14.0. The van der Waals surface area contributed by atoms with Crippen molar-refractivity contribution >= 4 is 62.5 Å². The highest BCUT2D eigenvalue weighted by Crippen LogP contribution is 2.28. The van der Waals surface area contributed by atoms with Gasteiger partial charge in [0, 0.05) is 27.5 Å². The molecule has 41 heavy (non-hydrogen) atoms. The van der Waals surface area contributed by atoms with E-state index < -0.39 is 28.5 Å². The number of hydrogen-bond donors (Lipinski definition) is 1. The zero-order valence-electron chi connectivity index (χ0n) is 23.7. The molecule has 3 rings (SSSR count). The van der Waals surface area contributed by atoms with Crippen molar-refractivity contribution < 1.29 is 18.0 Å². The molecular weight excluding hydrogens is 601 g/mol. The Labute approximate surface area is 257 Å². The van der Waals surface area contributed by atoms with Crippen LogP contribution in [0.1, 0.15) is 38.3 Å². The van der Waals surface area contributed by atoms with Gasteiger partial charge in [-0.15, -0.1) is 11.8 Å². The minimum Gasteiger partial charge on any atom is -0.352 e. The van der Waals surface area contributed by atoms with Crippen LogP contribution in [-0.4, -0.2) is 50.0 Å². The molecule has 7 nitrogen and oxygen atoms in total. The molecule has 0 saturated heterocycles. The Morgan fingerprint density at radius 1 is 0.976 bits per heavy atom. The average molecular weight is 637 g/mol. The number of amides is 2. The van der Waals surface area contributed by atoms with Gasteiger partial charge in [0.1, 0.15) is 12.6 Å². The van der Waals surface area contributed by atoms with Crippen LogP contribution in [-0.2, 0) is 26.2 Å². The Balaban J connectivity index is 2.04. The van der Waals surface area contributed by atoms with Crippen LogP contribution in [0.3, 0.4) is 0 Å². The normalized spacial score (nSPS) is 12.9. The second kappa shape index (κ2) is 14.4. The molecule has 3 aromatic carbocycles. The van der Waals surface area contributed by atoms with E-state index in [4.69, 9.17) is 23.2 Å². The summed E-state index contributed by atoms with van der Waals surface area (Å²) in [6.45, 7) is 6.79. The van der Waals surface area contributed by atoms with Crippen molar-refractivity contribution in [1.82, 2.24) is 10.2 Å². The van der Waals surface area contributed by atoms with Crippen molar-refractivity contribution in [3.63, 3.8) is 0 Å². The monoisotopic (exact) mass is 635 g/mol. The van der Waals surface area contributed by atoms with Gasteiger partial charge in [-0.3, -0.25) is 13.9 Å². The van der Waals surface area contributed by atoms with Crippen LogP contribution in [0, 0.1) is 6.92 Å². The van der Waals surface area contributed by atoms with Crippen molar-refractivity contribution in [1.29, 1.82) is 0 Å². The van der Waals surface area contributed by atoms with E-state index in [-0.39, 0.29) is 23.4 Å². The van der Waals surface area contributed by atoms with Crippen molar-refractivity contribution in [2.75, 3.05) is 17.1 Å². The maximum atomic E-state index is 14.0. The Morgan fingerprint density at radius 3 is 2.17 bits per heavy atom. The SMILES string of the molecule is CCC(C)NC(=O)C(C)N(Cc1ccc(Cl)cc1Cl)C(=O)CN(c1ccc(C)cc1)S(=O)(=O)c1ccc(SC)cc1. The second-order valence-corrected chi connectivity index (χ2v) is 13.4. The van der Waals surface area contributed by atoms with Crippen LogP contribution in [0.5, 0.6) is 0 Å². The maximum absolute atomic E-state index is 14.0. The maximum Gasteiger partial charge on any atom is 0.264 e. The van der Waals surface area contributed by atoms with E-state index >= 15 is 0 Å². The molecule has 0 aliphatic carbocycles. The number of anilines is 1.